The first kappa shape index (κ1) is 35.2. The predicted molar refractivity (Wildman–Crippen MR) is 261 cm³/mol. The molecule has 13 aromatic rings. The van der Waals surface area contributed by atoms with E-state index in [-0.39, 0.29) is 0 Å². The molecular weight excluding hydrogens is 767 g/mol. The van der Waals surface area contributed by atoms with Crippen molar-refractivity contribution in [2.24, 2.45) is 0 Å². The minimum atomic E-state index is 0.685. The highest BCUT2D eigenvalue weighted by Gasteiger charge is 2.27. The minimum absolute atomic E-state index is 0.685. The lowest BCUT2D eigenvalue weighted by atomic mass is 9.98. The van der Waals surface area contributed by atoms with Gasteiger partial charge in [0.05, 0.1) is 50.2 Å². The van der Waals surface area contributed by atoms with E-state index in [4.69, 9.17) is 9.97 Å². The van der Waals surface area contributed by atoms with Gasteiger partial charge in [0.15, 0.2) is 5.82 Å². The molecule has 5 heteroatoms. The zero-order valence-corrected chi connectivity index (χ0v) is 34.1. The SMILES string of the molecule is c1ccc(-c2cc(-c3cc4c(c5ccccc5n4-c4cccc5c6ccccc6n(-c6ccccc6)c45)c4c3c3ccccc3n4-c3ccccc3)nc(-c3ccccc3)n2)cc1. The molecular formula is C58H37N5. The Bertz CT molecular complexity index is 3820. The lowest BCUT2D eigenvalue weighted by molar-refractivity contribution is 1.13. The molecule has 0 bridgehead atoms. The maximum absolute atomic E-state index is 5.50. The summed E-state index contributed by atoms with van der Waals surface area (Å²) in [6.45, 7) is 0. The van der Waals surface area contributed by atoms with Crippen LogP contribution in [-0.4, -0.2) is 23.7 Å². The lowest BCUT2D eigenvalue weighted by Crippen LogP contribution is -2.01. The molecule has 0 saturated heterocycles. The number of hydrogen-bond acceptors (Lipinski definition) is 2. The summed E-state index contributed by atoms with van der Waals surface area (Å²) in [5, 5.41) is 7.10. The summed E-state index contributed by atoms with van der Waals surface area (Å²) in [6, 6.07) is 80.2. The summed E-state index contributed by atoms with van der Waals surface area (Å²) in [5.41, 5.74) is 14.9. The molecule has 0 saturated carbocycles. The van der Waals surface area contributed by atoms with Gasteiger partial charge in [-0.25, -0.2) is 9.97 Å². The van der Waals surface area contributed by atoms with Crippen molar-refractivity contribution in [3.63, 3.8) is 0 Å². The van der Waals surface area contributed by atoms with Gasteiger partial charge in [-0.2, -0.15) is 0 Å². The standard InChI is InChI=1S/C58H37N5/c1-5-20-38(21-6-1)47-37-48(60-58(59-47)39-22-7-2-8-23-39)46-36-53-55(57-54(46)44-29-14-17-33-50(44)62(57)41-26-11-4-12-27-41)45-30-15-18-34-51(45)63(53)52-35-19-31-43-42-28-13-16-32-49(42)61(56(43)52)40-24-9-3-10-25-40/h1-37H. The molecule has 0 aliphatic heterocycles. The monoisotopic (exact) mass is 803 g/mol. The van der Waals surface area contributed by atoms with E-state index in [1.54, 1.807) is 0 Å². The Balaban J connectivity index is 1.25. The predicted octanol–water partition coefficient (Wildman–Crippen LogP) is 14.8. The minimum Gasteiger partial charge on any atom is -0.309 e. The van der Waals surface area contributed by atoms with Crippen LogP contribution in [0.5, 0.6) is 0 Å². The van der Waals surface area contributed by atoms with Gasteiger partial charge in [0, 0.05) is 60.4 Å². The first-order valence-electron chi connectivity index (χ1n) is 21.4. The topological polar surface area (TPSA) is 40.6 Å². The highest BCUT2D eigenvalue weighted by atomic mass is 15.1. The third-order valence-corrected chi connectivity index (χ3v) is 12.6. The molecule has 0 unspecified atom stereocenters. The van der Waals surface area contributed by atoms with Crippen molar-refractivity contribution >= 4 is 65.4 Å². The molecule has 63 heavy (non-hydrogen) atoms. The Labute approximate surface area is 363 Å². The number of fused-ring (bicyclic) bond motifs is 10. The fourth-order valence-corrected chi connectivity index (χ4v) is 9.99. The van der Waals surface area contributed by atoms with E-state index in [9.17, 15) is 0 Å². The van der Waals surface area contributed by atoms with E-state index < -0.39 is 0 Å². The fraction of sp³-hybridized carbons (Fsp3) is 0. The molecule has 0 radical (unpaired) electrons. The first-order valence-corrected chi connectivity index (χ1v) is 21.4. The average molecular weight is 804 g/mol. The molecule has 0 N–H and O–H groups in total. The molecule has 4 aromatic heterocycles. The van der Waals surface area contributed by atoms with E-state index in [1.165, 1.54) is 27.1 Å². The molecule has 5 nitrogen and oxygen atoms in total. The van der Waals surface area contributed by atoms with Gasteiger partial charge < -0.3 is 13.7 Å². The summed E-state index contributed by atoms with van der Waals surface area (Å²) >= 11 is 0. The number of hydrogen-bond donors (Lipinski definition) is 0. The molecule has 9 aromatic carbocycles. The second-order valence-electron chi connectivity index (χ2n) is 16.1. The smallest absolute Gasteiger partial charge is 0.160 e. The van der Waals surface area contributed by atoms with Crippen LogP contribution in [0.3, 0.4) is 0 Å². The van der Waals surface area contributed by atoms with Crippen molar-refractivity contribution in [1.82, 2.24) is 23.7 Å². The zero-order valence-electron chi connectivity index (χ0n) is 34.1. The van der Waals surface area contributed by atoms with E-state index >= 15 is 0 Å². The third kappa shape index (κ3) is 5.36. The summed E-state index contributed by atoms with van der Waals surface area (Å²) in [6.07, 6.45) is 0. The highest BCUT2D eigenvalue weighted by Crippen LogP contribution is 2.48. The van der Waals surface area contributed by atoms with Crippen molar-refractivity contribution in [2.75, 3.05) is 0 Å². The average Bonchev–Trinajstić information content (AvgIpc) is 4.01. The Morgan fingerprint density at radius 2 is 0.778 bits per heavy atom. The maximum atomic E-state index is 5.50. The van der Waals surface area contributed by atoms with Gasteiger partial charge in [0.1, 0.15) is 0 Å². The van der Waals surface area contributed by atoms with Gasteiger partial charge in [0.25, 0.3) is 0 Å². The lowest BCUT2D eigenvalue weighted by Gasteiger charge is -2.16. The van der Waals surface area contributed by atoms with E-state index in [0.29, 0.717) is 5.82 Å². The molecule has 0 fully saturated rings. The quantitative estimate of drug-likeness (QED) is 0.168. The van der Waals surface area contributed by atoms with E-state index in [0.717, 1.165) is 83.5 Å². The summed E-state index contributed by atoms with van der Waals surface area (Å²) in [7, 11) is 0. The van der Waals surface area contributed by atoms with Crippen LogP contribution in [0.1, 0.15) is 0 Å². The second-order valence-corrected chi connectivity index (χ2v) is 16.1. The Morgan fingerprint density at radius 3 is 1.43 bits per heavy atom. The number of aromatic nitrogens is 5. The van der Waals surface area contributed by atoms with Crippen molar-refractivity contribution < 1.29 is 0 Å². The summed E-state index contributed by atoms with van der Waals surface area (Å²) in [5.74, 6) is 0.685. The summed E-state index contributed by atoms with van der Waals surface area (Å²) < 4.78 is 7.40. The number of rotatable bonds is 6. The van der Waals surface area contributed by atoms with Crippen LogP contribution in [0.15, 0.2) is 224 Å². The molecule has 0 aliphatic rings. The van der Waals surface area contributed by atoms with E-state index in [2.05, 4.69) is 232 Å². The molecule has 0 atom stereocenters. The fourth-order valence-electron chi connectivity index (χ4n) is 9.99. The molecule has 294 valence electrons. The number of nitrogens with zero attached hydrogens (tertiary/aromatic N) is 5. The third-order valence-electron chi connectivity index (χ3n) is 12.6. The van der Waals surface area contributed by atoms with Crippen LogP contribution in [0.2, 0.25) is 0 Å². The van der Waals surface area contributed by atoms with Crippen LogP contribution in [0.25, 0.3) is 116 Å². The van der Waals surface area contributed by atoms with Crippen LogP contribution >= 0.6 is 0 Å². The van der Waals surface area contributed by atoms with Gasteiger partial charge in [-0.05, 0) is 60.7 Å². The largest absolute Gasteiger partial charge is 0.309 e. The van der Waals surface area contributed by atoms with Crippen molar-refractivity contribution in [3.05, 3.63) is 224 Å². The van der Waals surface area contributed by atoms with Crippen molar-refractivity contribution in [3.8, 4) is 51.0 Å². The molecule has 4 heterocycles. The van der Waals surface area contributed by atoms with Crippen LogP contribution in [-0.2, 0) is 0 Å². The highest BCUT2D eigenvalue weighted by molar-refractivity contribution is 6.30. The van der Waals surface area contributed by atoms with Crippen LogP contribution < -0.4 is 0 Å². The molecule has 0 amide bonds. The van der Waals surface area contributed by atoms with Crippen LogP contribution in [0, 0.1) is 0 Å². The zero-order chi connectivity index (χ0) is 41.4. The van der Waals surface area contributed by atoms with Gasteiger partial charge in [-0.3, -0.25) is 0 Å². The Hall–Kier alpha value is -8.54. The van der Waals surface area contributed by atoms with Crippen molar-refractivity contribution in [2.45, 2.75) is 0 Å². The summed E-state index contributed by atoms with van der Waals surface area (Å²) in [4.78, 5) is 10.7. The van der Waals surface area contributed by atoms with Crippen molar-refractivity contribution in [1.29, 1.82) is 0 Å². The Kier molecular flexibility index (Phi) is 7.84. The van der Waals surface area contributed by atoms with Gasteiger partial charge in [-0.1, -0.05) is 164 Å². The number of para-hydroxylation sites is 6. The van der Waals surface area contributed by atoms with Gasteiger partial charge >= 0.3 is 0 Å². The number of benzene rings is 9. The van der Waals surface area contributed by atoms with Crippen LogP contribution in [0.4, 0.5) is 0 Å². The van der Waals surface area contributed by atoms with E-state index in [1.807, 2.05) is 6.07 Å². The Morgan fingerprint density at radius 1 is 0.302 bits per heavy atom. The first-order chi connectivity index (χ1) is 31.3. The van der Waals surface area contributed by atoms with Gasteiger partial charge in [-0.15, -0.1) is 0 Å². The molecule has 0 spiro atoms. The molecule has 0 aliphatic carbocycles. The van der Waals surface area contributed by atoms with Gasteiger partial charge in [0.2, 0.25) is 0 Å². The molecule has 13 rings (SSSR count). The normalized spacial score (nSPS) is 11.8. The second kappa shape index (κ2) is 14.0. The maximum Gasteiger partial charge on any atom is 0.160 e.